The number of phenols is 2. The molecule has 0 bridgehead atoms. The molecule has 0 aromatic heterocycles. The third kappa shape index (κ3) is 3.14. The van der Waals surface area contributed by atoms with E-state index in [1.165, 1.54) is 0 Å². The van der Waals surface area contributed by atoms with Crippen LogP contribution in [0.2, 0.25) is 10.0 Å². The zero-order chi connectivity index (χ0) is 18.8. The molecule has 2 N–H and O–H groups in total. The lowest BCUT2D eigenvalue weighted by atomic mass is 9.97. The van der Waals surface area contributed by atoms with Gasteiger partial charge in [0.25, 0.3) is 0 Å². The van der Waals surface area contributed by atoms with E-state index in [1.54, 1.807) is 62.8 Å². The van der Waals surface area contributed by atoms with E-state index in [1.807, 2.05) is 0 Å². The molecule has 0 spiro atoms. The van der Waals surface area contributed by atoms with Gasteiger partial charge in [0.05, 0.1) is 24.3 Å². The van der Waals surface area contributed by atoms with E-state index in [4.69, 9.17) is 32.7 Å². The maximum atomic E-state index is 10.6. The van der Waals surface area contributed by atoms with Gasteiger partial charge in [0.1, 0.15) is 23.0 Å². The van der Waals surface area contributed by atoms with Crippen LogP contribution in [0.3, 0.4) is 0 Å². The van der Waals surface area contributed by atoms with Crippen LogP contribution in [0.15, 0.2) is 48.5 Å². The van der Waals surface area contributed by atoms with Gasteiger partial charge in [0, 0.05) is 11.1 Å². The van der Waals surface area contributed by atoms with E-state index >= 15 is 0 Å². The molecule has 0 aliphatic rings. The first-order valence-electron chi connectivity index (χ1n) is 7.69. The second-order valence-electron chi connectivity index (χ2n) is 5.53. The summed E-state index contributed by atoms with van der Waals surface area (Å²) in [5, 5.41) is 21.3. The average Bonchev–Trinajstić information content (AvgIpc) is 2.68. The van der Waals surface area contributed by atoms with Crippen molar-refractivity contribution in [2.75, 3.05) is 14.2 Å². The Morgan fingerprint density at radius 2 is 0.923 bits per heavy atom. The monoisotopic (exact) mass is 390 g/mol. The van der Waals surface area contributed by atoms with Crippen LogP contribution in [0.5, 0.6) is 23.0 Å². The molecule has 0 aliphatic heterocycles. The topological polar surface area (TPSA) is 58.9 Å². The summed E-state index contributed by atoms with van der Waals surface area (Å²) in [6.07, 6.45) is 0. The molecule has 26 heavy (non-hydrogen) atoms. The van der Waals surface area contributed by atoms with Gasteiger partial charge >= 0.3 is 0 Å². The fourth-order valence-corrected chi connectivity index (χ4v) is 3.29. The number of benzene rings is 3. The molecule has 3 aromatic rings. The minimum absolute atomic E-state index is 0.0166. The molecule has 0 atom stereocenters. The van der Waals surface area contributed by atoms with Crippen LogP contribution in [-0.4, -0.2) is 24.4 Å². The van der Waals surface area contributed by atoms with Crippen LogP contribution in [-0.2, 0) is 0 Å². The number of phenolic OH excluding ortho intramolecular Hbond substituents is 2. The van der Waals surface area contributed by atoms with E-state index in [9.17, 15) is 10.2 Å². The molecular weight excluding hydrogens is 375 g/mol. The molecule has 0 saturated carbocycles. The van der Waals surface area contributed by atoms with Gasteiger partial charge < -0.3 is 19.7 Å². The molecule has 134 valence electrons. The Balaban J connectivity index is 2.17. The minimum Gasteiger partial charge on any atom is -0.506 e. The number of hydrogen-bond acceptors (Lipinski definition) is 4. The van der Waals surface area contributed by atoms with Crippen LogP contribution < -0.4 is 9.47 Å². The molecule has 0 aliphatic carbocycles. The summed E-state index contributed by atoms with van der Waals surface area (Å²) in [5.74, 6) is 0.917. The number of methoxy groups -OCH3 is 2. The molecule has 0 radical (unpaired) electrons. The van der Waals surface area contributed by atoms with E-state index in [-0.39, 0.29) is 32.7 Å². The highest BCUT2D eigenvalue weighted by Crippen LogP contribution is 2.52. The normalized spacial score (nSPS) is 10.6. The lowest BCUT2D eigenvalue weighted by Crippen LogP contribution is -1.90. The standard InChI is InChI=1S/C20H16Cl2O4/c1-25-13-7-3-11(4-8-13)15-17(21)20(24)16(18(22)19(15)23)12-5-9-14(26-2)10-6-12/h3-10,23-24H,1-2H3. The second kappa shape index (κ2) is 7.36. The summed E-state index contributed by atoms with van der Waals surface area (Å²) in [6.45, 7) is 0. The Morgan fingerprint density at radius 1 is 0.615 bits per heavy atom. The van der Waals surface area contributed by atoms with Gasteiger partial charge in [0.15, 0.2) is 0 Å². The van der Waals surface area contributed by atoms with Crippen molar-refractivity contribution in [3.8, 4) is 45.3 Å². The number of aromatic hydroxyl groups is 2. The predicted molar refractivity (Wildman–Crippen MR) is 104 cm³/mol. The van der Waals surface area contributed by atoms with Gasteiger partial charge in [0.2, 0.25) is 0 Å². The quantitative estimate of drug-likeness (QED) is 0.556. The van der Waals surface area contributed by atoms with Crippen LogP contribution in [0.1, 0.15) is 0 Å². The summed E-state index contributed by atoms with van der Waals surface area (Å²) in [4.78, 5) is 0. The van der Waals surface area contributed by atoms with Crippen molar-refractivity contribution in [1.29, 1.82) is 0 Å². The SMILES string of the molecule is COc1ccc(-c2c(O)c(Cl)c(-c3ccc(OC)cc3)c(O)c2Cl)cc1. The molecule has 4 nitrogen and oxygen atoms in total. The van der Waals surface area contributed by atoms with E-state index in [0.29, 0.717) is 22.6 Å². The fraction of sp³-hybridized carbons (Fsp3) is 0.100. The maximum absolute atomic E-state index is 10.6. The van der Waals surface area contributed by atoms with Gasteiger partial charge in [-0.15, -0.1) is 0 Å². The molecule has 0 saturated heterocycles. The summed E-state index contributed by atoms with van der Waals surface area (Å²) < 4.78 is 10.3. The van der Waals surface area contributed by atoms with Crippen LogP contribution >= 0.6 is 23.2 Å². The highest BCUT2D eigenvalue weighted by molar-refractivity contribution is 6.40. The van der Waals surface area contributed by atoms with Gasteiger partial charge in [-0.05, 0) is 35.4 Å². The van der Waals surface area contributed by atoms with Crippen molar-refractivity contribution >= 4 is 23.2 Å². The Morgan fingerprint density at radius 3 is 1.19 bits per heavy atom. The number of ether oxygens (including phenoxy) is 2. The van der Waals surface area contributed by atoms with E-state index in [2.05, 4.69) is 0 Å². The zero-order valence-corrected chi connectivity index (χ0v) is 15.6. The van der Waals surface area contributed by atoms with Gasteiger partial charge in [-0.3, -0.25) is 0 Å². The first kappa shape index (κ1) is 18.2. The molecule has 0 fully saturated rings. The van der Waals surface area contributed by atoms with Gasteiger partial charge in [-0.2, -0.15) is 0 Å². The molecule has 3 rings (SSSR count). The fourth-order valence-electron chi connectivity index (χ4n) is 2.71. The summed E-state index contributed by atoms with van der Waals surface area (Å²) in [7, 11) is 3.12. The average molecular weight is 391 g/mol. The largest absolute Gasteiger partial charge is 0.506 e. The smallest absolute Gasteiger partial charge is 0.144 e. The lowest BCUT2D eigenvalue weighted by Gasteiger charge is -2.16. The van der Waals surface area contributed by atoms with Crippen molar-refractivity contribution in [3.63, 3.8) is 0 Å². The Hall–Kier alpha value is -2.56. The van der Waals surface area contributed by atoms with Gasteiger partial charge in [-0.25, -0.2) is 0 Å². The third-order valence-corrected chi connectivity index (χ3v) is 4.82. The van der Waals surface area contributed by atoms with Crippen molar-refractivity contribution < 1.29 is 19.7 Å². The van der Waals surface area contributed by atoms with Crippen LogP contribution in [0.25, 0.3) is 22.3 Å². The Kier molecular flexibility index (Phi) is 5.16. The van der Waals surface area contributed by atoms with Crippen molar-refractivity contribution in [3.05, 3.63) is 58.6 Å². The highest BCUT2D eigenvalue weighted by atomic mass is 35.5. The maximum Gasteiger partial charge on any atom is 0.144 e. The molecule has 6 heteroatoms. The van der Waals surface area contributed by atoms with E-state index in [0.717, 1.165) is 0 Å². The molecule has 0 unspecified atom stereocenters. The predicted octanol–water partition coefficient (Wildman–Crippen LogP) is 5.76. The molecular formula is C20H16Cl2O4. The first-order chi connectivity index (χ1) is 12.5. The van der Waals surface area contributed by atoms with Crippen molar-refractivity contribution in [2.24, 2.45) is 0 Å². The van der Waals surface area contributed by atoms with Crippen LogP contribution in [0, 0.1) is 0 Å². The molecule has 0 amide bonds. The van der Waals surface area contributed by atoms with Crippen molar-refractivity contribution in [1.82, 2.24) is 0 Å². The summed E-state index contributed by atoms with van der Waals surface area (Å²) in [5.41, 5.74) is 1.72. The minimum atomic E-state index is -0.203. The number of rotatable bonds is 4. The summed E-state index contributed by atoms with van der Waals surface area (Å²) >= 11 is 12.7. The van der Waals surface area contributed by atoms with E-state index < -0.39 is 0 Å². The Bertz CT molecular complexity index is 828. The summed E-state index contributed by atoms with van der Waals surface area (Å²) in [6, 6.07) is 13.8. The zero-order valence-electron chi connectivity index (χ0n) is 14.1. The first-order valence-corrected chi connectivity index (χ1v) is 8.45. The Labute approximate surface area is 161 Å². The lowest BCUT2D eigenvalue weighted by molar-refractivity contribution is 0.414. The van der Waals surface area contributed by atoms with Crippen molar-refractivity contribution in [2.45, 2.75) is 0 Å². The highest BCUT2D eigenvalue weighted by Gasteiger charge is 2.23. The van der Waals surface area contributed by atoms with Gasteiger partial charge in [-0.1, -0.05) is 47.5 Å². The molecule has 3 aromatic carbocycles. The number of halogens is 2. The second-order valence-corrected chi connectivity index (χ2v) is 6.29. The molecule has 0 heterocycles. The third-order valence-electron chi connectivity index (χ3n) is 4.09. The number of hydrogen-bond donors (Lipinski definition) is 2. The van der Waals surface area contributed by atoms with Crippen LogP contribution in [0.4, 0.5) is 0 Å².